The van der Waals surface area contributed by atoms with Crippen LogP contribution in [0.4, 0.5) is 0 Å². The molecule has 3 nitrogen and oxygen atoms in total. The van der Waals surface area contributed by atoms with Crippen molar-refractivity contribution >= 4 is 23.7 Å². The van der Waals surface area contributed by atoms with Crippen LogP contribution < -0.4 is 10.6 Å². The molecule has 0 radical (unpaired) electrons. The van der Waals surface area contributed by atoms with Crippen LogP contribution in [0.1, 0.15) is 4.88 Å². The highest BCUT2D eigenvalue weighted by molar-refractivity contribution is 7.15. The van der Waals surface area contributed by atoms with E-state index < -0.39 is 0 Å². The highest BCUT2D eigenvalue weighted by Gasteiger charge is 2.24. The molecule has 1 saturated heterocycles. The summed E-state index contributed by atoms with van der Waals surface area (Å²) in [5.41, 5.74) is 1.28. The van der Waals surface area contributed by atoms with Crippen LogP contribution in [0.5, 0.6) is 0 Å². The summed E-state index contributed by atoms with van der Waals surface area (Å²) in [5.74, 6) is 0.337. The molecule has 0 bridgehead atoms. The van der Waals surface area contributed by atoms with E-state index in [0.717, 1.165) is 26.2 Å². The molecule has 2 aromatic rings. The van der Waals surface area contributed by atoms with Crippen LogP contribution >= 0.6 is 23.7 Å². The van der Waals surface area contributed by atoms with Gasteiger partial charge in [-0.25, -0.2) is 0 Å². The lowest BCUT2D eigenvalue weighted by Gasteiger charge is -2.13. The van der Waals surface area contributed by atoms with Crippen molar-refractivity contribution in [1.82, 2.24) is 10.6 Å². The Morgan fingerprint density at radius 1 is 1.14 bits per heavy atom. The summed E-state index contributed by atoms with van der Waals surface area (Å²) in [6, 6.07) is 14.8. The third-order valence-electron chi connectivity index (χ3n) is 3.73. The zero-order chi connectivity index (χ0) is 13.8. The number of nitrogens with one attached hydrogen (secondary N) is 2. The van der Waals surface area contributed by atoms with Gasteiger partial charge in [0.2, 0.25) is 0 Å². The Morgan fingerprint density at radius 3 is 2.67 bits per heavy atom. The number of rotatable bonds is 5. The Bertz CT molecular complexity index is 546. The monoisotopic (exact) mass is 324 g/mol. The highest BCUT2D eigenvalue weighted by Crippen LogP contribution is 2.27. The quantitative estimate of drug-likeness (QED) is 0.792. The first-order valence-electron chi connectivity index (χ1n) is 7.06. The van der Waals surface area contributed by atoms with Crippen LogP contribution in [0.3, 0.4) is 0 Å². The van der Waals surface area contributed by atoms with Crippen molar-refractivity contribution in [3.8, 4) is 10.4 Å². The van der Waals surface area contributed by atoms with Crippen LogP contribution in [0.2, 0.25) is 0 Å². The third kappa shape index (κ3) is 4.28. The van der Waals surface area contributed by atoms with Crippen molar-refractivity contribution in [2.75, 3.05) is 19.6 Å². The number of thiophene rings is 1. The largest absolute Gasteiger partial charge is 0.391 e. The van der Waals surface area contributed by atoms with Gasteiger partial charge in [0.1, 0.15) is 0 Å². The lowest BCUT2D eigenvalue weighted by molar-refractivity contribution is 0.146. The molecule has 5 heteroatoms. The van der Waals surface area contributed by atoms with Crippen molar-refractivity contribution in [3.05, 3.63) is 47.3 Å². The Labute approximate surface area is 135 Å². The van der Waals surface area contributed by atoms with Gasteiger partial charge in [0.05, 0.1) is 6.10 Å². The average molecular weight is 325 g/mol. The second-order valence-electron chi connectivity index (χ2n) is 5.25. The van der Waals surface area contributed by atoms with E-state index in [9.17, 15) is 5.11 Å². The van der Waals surface area contributed by atoms with Crippen molar-refractivity contribution in [2.45, 2.75) is 12.6 Å². The summed E-state index contributed by atoms with van der Waals surface area (Å²) in [4.78, 5) is 2.65. The second-order valence-corrected chi connectivity index (χ2v) is 6.42. The molecule has 1 aromatic heterocycles. The van der Waals surface area contributed by atoms with Crippen molar-refractivity contribution < 1.29 is 5.11 Å². The van der Waals surface area contributed by atoms with Gasteiger partial charge in [0.15, 0.2) is 0 Å². The number of hydrogen-bond donors (Lipinski definition) is 3. The van der Waals surface area contributed by atoms with E-state index in [2.05, 4.69) is 47.0 Å². The van der Waals surface area contributed by atoms with Crippen molar-refractivity contribution in [2.24, 2.45) is 5.92 Å². The van der Waals surface area contributed by atoms with E-state index in [0.29, 0.717) is 5.92 Å². The molecule has 3 rings (SSSR count). The molecular weight excluding hydrogens is 304 g/mol. The molecule has 0 aliphatic carbocycles. The minimum atomic E-state index is -0.203. The summed E-state index contributed by atoms with van der Waals surface area (Å²) < 4.78 is 0. The Hall–Kier alpha value is -0.910. The maximum atomic E-state index is 9.74. The first-order valence-corrected chi connectivity index (χ1v) is 7.88. The highest BCUT2D eigenvalue weighted by atomic mass is 35.5. The van der Waals surface area contributed by atoms with Crippen LogP contribution in [0.15, 0.2) is 42.5 Å². The Balaban J connectivity index is 0.00000161. The van der Waals surface area contributed by atoms with Crippen LogP contribution in [0.25, 0.3) is 10.4 Å². The number of aliphatic hydroxyl groups excluding tert-OH is 1. The summed E-state index contributed by atoms with van der Waals surface area (Å²) in [6.45, 7) is 3.38. The Kier molecular flexibility index (Phi) is 6.21. The van der Waals surface area contributed by atoms with Crippen molar-refractivity contribution in [1.29, 1.82) is 0 Å². The van der Waals surface area contributed by atoms with Gasteiger partial charge in [-0.1, -0.05) is 30.3 Å². The van der Waals surface area contributed by atoms with Gasteiger partial charge >= 0.3 is 0 Å². The van der Waals surface area contributed by atoms with E-state index in [1.54, 1.807) is 0 Å². The van der Waals surface area contributed by atoms with Crippen LogP contribution in [0, 0.1) is 5.92 Å². The molecule has 0 saturated carbocycles. The standard InChI is InChI=1S/C16H20N2OS.ClH/c19-15-11-18-9-13(15)8-17-10-14-6-7-16(20-14)12-4-2-1-3-5-12;/h1-7,13,15,17-19H,8-11H2;1H. The normalized spacial score (nSPS) is 21.2. The smallest absolute Gasteiger partial charge is 0.0716 e. The van der Waals surface area contributed by atoms with Gasteiger partial charge in [-0.2, -0.15) is 0 Å². The van der Waals surface area contributed by atoms with Gasteiger partial charge in [-0.3, -0.25) is 0 Å². The number of aliphatic hydroxyl groups is 1. The van der Waals surface area contributed by atoms with E-state index in [1.807, 2.05) is 17.4 Å². The zero-order valence-corrected chi connectivity index (χ0v) is 13.4. The van der Waals surface area contributed by atoms with Crippen LogP contribution in [-0.2, 0) is 6.54 Å². The molecule has 2 atom stereocenters. The van der Waals surface area contributed by atoms with Crippen molar-refractivity contribution in [3.63, 3.8) is 0 Å². The molecule has 114 valence electrons. The van der Waals surface area contributed by atoms with Gasteiger partial charge in [0, 0.05) is 41.9 Å². The molecule has 21 heavy (non-hydrogen) atoms. The van der Waals surface area contributed by atoms with E-state index >= 15 is 0 Å². The van der Waals surface area contributed by atoms with E-state index in [-0.39, 0.29) is 18.5 Å². The average Bonchev–Trinajstić information content (AvgIpc) is 3.10. The molecule has 1 aliphatic heterocycles. The molecule has 1 fully saturated rings. The number of benzene rings is 1. The lowest BCUT2D eigenvalue weighted by atomic mass is 10.1. The third-order valence-corrected chi connectivity index (χ3v) is 4.86. The van der Waals surface area contributed by atoms with Gasteiger partial charge in [0.25, 0.3) is 0 Å². The maximum absolute atomic E-state index is 9.74. The molecule has 1 aromatic carbocycles. The fourth-order valence-corrected chi connectivity index (χ4v) is 3.52. The molecule has 3 N–H and O–H groups in total. The minimum Gasteiger partial charge on any atom is -0.391 e. The molecule has 2 unspecified atom stereocenters. The topological polar surface area (TPSA) is 44.3 Å². The summed E-state index contributed by atoms with van der Waals surface area (Å²) in [7, 11) is 0. The summed E-state index contributed by atoms with van der Waals surface area (Å²) in [6.07, 6.45) is -0.203. The zero-order valence-electron chi connectivity index (χ0n) is 11.8. The van der Waals surface area contributed by atoms with Gasteiger partial charge in [-0.15, -0.1) is 23.7 Å². The maximum Gasteiger partial charge on any atom is 0.0716 e. The fraction of sp³-hybridized carbons (Fsp3) is 0.375. The fourth-order valence-electron chi connectivity index (χ4n) is 2.54. The number of hydrogen-bond acceptors (Lipinski definition) is 4. The molecule has 0 spiro atoms. The number of β-amino-alcohol motifs (C(OH)–C–C–N with tert-alkyl or cyclic N) is 1. The summed E-state index contributed by atoms with van der Waals surface area (Å²) >= 11 is 1.83. The SMILES string of the molecule is Cl.OC1CNCC1CNCc1ccc(-c2ccccc2)s1. The molecule has 0 amide bonds. The lowest BCUT2D eigenvalue weighted by Crippen LogP contribution is -2.29. The predicted octanol–water partition coefficient (Wildman–Crippen LogP) is 2.51. The van der Waals surface area contributed by atoms with E-state index in [4.69, 9.17) is 0 Å². The second kappa shape index (κ2) is 7.92. The van der Waals surface area contributed by atoms with Crippen LogP contribution in [-0.4, -0.2) is 30.8 Å². The molecule has 1 aliphatic rings. The Morgan fingerprint density at radius 2 is 1.95 bits per heavy atom. The predicted molar refractivity (Wildman–Crippen MR) is 91.1 cm³/mol. The molecular formula is C16H21ClN2OS. The molecule has 2 heterocycles. The summed E-state index contributed by atoms with van der Waals surface area (Å²) in [5, 5.41) is 16.4. The first kappa shape index (κ1) is 16.5. The minimum absolute atomic E-state index is 0. The first-order chi connectivity index (χ1) is 9.83. The van der Waals surface area contributed by atoms with Gasteiger partial charge < -0.3 is 15.7 Å². The van der Waals surface area contributed by atoms with E-state index in [1.165, 1.54) is 15.3 Å². The van der Waals surface area contributed by atoms with Gasteiger partial charge in [-0.05, 0) is 17.7 Å². The number of halogens is 1.